The molecular formula is C18H14ClNO2. The Morgan fingerprint density at radius 3 is 2.55 bits per heavy atom. The molecule has 0 aliphatic carbocycles. The number of pyridine rings is 1. The number of hydrogen-bond donors (Lipinski definition) is 1. The molecule has 0 saturated carbocycles. The Bertz CT molecular complexity index is 903. The number of carboxylic acids is 1. The zero-order valence-electron chi connectivity index (χ0n) is 12.2. The van der Waals surface area contributed by atoms with Gasteiger partial charge in [0.05, 0.1) is 16.8 Å². The van der Waals surface area contributed by atoms with Crippen LogP contribution in [0.5, 0.6) is 0 Å². The molecule has 1 aromatic heterocycles. The third kappa shape index (κ3) is 2.44. The van der Waals surface area contributed by atoms with Gasteiger partial charge >= 0.3 is 5.97 Å². The summed E-state index contributed by atoms with van der Waals surface area (Å²) in [5.41, 5.74) is 4.20. The minimum atomic E-state index is -0.967. The first-order valence-electron chi connectivity index (χ1n) is 6.87. The van der Waals surface area contributed by atoms with Crippen molar-refractivity contribution in [2.24, 2.45) is 0 Å². The molecule has 0 bridgehead atoms. The highest BCUT2D eigenvalue weighted by atomic mass is 35.5. The van der Waals surface area contributed by atoms with Crippen molar-refractivity contribution in [3.8, 4) is 11.3 Å². The molecule has 0 unspecified atom stereocenters. The number of fused-ring (bicyclic) bond motifs is 1. The Balaban J connectivity index is 2.40. The van der Waals surface area contributed by atoms with Gasteiger partial charge in [-0.25, -0.2) is 9.78 Å². The van der Waals surface area contributed by atoms with Gasteiger partial charge in [-0.3, -0.25) is 0 Å². The molecule has 2 aromatic carbocycles. The topological polar surface area (TPSA) is 50.2 Å². The van der Waals surface area contributed by atoms with E-state index in [1.807, 2.05) is 44.2 Å². The summed E-state index contributed by atoms with van der Waals surface area (Å²) in [6, 6.07) is 12.7. The van der Waals surface area contributed by atoms with E-state index in [2.05, 4.69) is 4.98 Å². The van der Waals surface area contributed by atoms with Gasteiger partial charge in [-0.2, -0.15) is 0 Å². The summed E-state index contributed by atoms with van der Waals surface area (Å²) < 4.78 is 0. The highest BCUT2D eigenvalue weighted by Crippen LogP contribution is 2.31. The van der Waals surface area contributed by atoms with Crippen molar-refractivity contribution in [2.45, 2.75) is 13.8 Å². The number of benzene rings is 2. The van der Waals surface area contributed by atoms with E-state index in [9.17, 15) is 9.90 Å². The van der Waals surface area contributed by atoms with Gasteiger partial charge in [0.1, 0.15) is 0 Å². The summed E-state index contributed by atoms with van der Waals surface area (Å²) in [4.78, 5) is 16.3. The maximum absolute atomic E-state index is 11.6. The predicted octanol–water partition coefficient (Wildman–Crippen LogP) is 4.87. The number of carbonyl (C=O) groups is 1. The van der Waals surface area contributed by atoms with Gasteiger partial charge in [0.15, 0.2) is 0 Å². The van der Waals surface area contributed by atoms with Crippen molar-refractivity contribution in [3.63, 3.8) is 0 Å². The maximum atomic E-state index is 11.6. The monoisotopic (exact) mass is 311 g/mol. The number of nitrogens with zero attached hydrogens (tertiary/aromatic N) is 1. The third-order valence-corrected chi connectivity index (χ3v) is 3.96. The minimum Gasteiger partial charge on any atom is -0.478 e. The van der Waals surface area contributed by atoms with Crippen molar-refractivity contribution < 1.29 is 9.90 Å². The van der Waals surface area contributed by atoms with Crippen LogP contribution < -0.4 is 0 Å². The van der Waals surface area contributed by atoms with E-state index in [1.54, 1.807) is 12.1 Å². The number of aromatic nitrogens is 1. The molecule has 3 nitrogen and oxygen atoms in total. The second-order valence-corrected chi connectivity index (χ2v) is 5.73. The van der Waals surface area contributed by atoms with Crippen LogP contribution in [0.3, 0.4) is 0 Å². The maximum Gasteiger partial charge on any atom is 0.336 e. The molecule has 0 spiro atoms. The van der Waals surface area contributed by atoms with Crippen LogP contribution in [0.1, 0.15) is 21.5 Å². The number of aryl methyl sites for hydroxylation is 2. The summed E-state index contributed by atoms with van der Waals surface area (Å²) in [5, 5.41) is 10.7. The Hall–Kier alpha value is -2.39. The Labute approximate surface area is 133 Å². The molecule has 1 heterocycles. The minimum absolute atomic E-state index is 0.242. The summed E-state index contributed by atoms with van der Waals surface area (Å²) in [6.45, 7) is 3.88. The highest BCUT2D eigenvalue weighted by molar-refractivity contribution is 6.33. The lowest BCUT2D eigenvalue weighted by atomic mass is 10.00. The van der Waals surface area contributed by atoms with E-state index >= 15 is 0 Å². The summed E-state index contributed by atoms with van der Waals surface area (Å²) in [5.74, 6) is -0.967. The zero-order valence-corrected chi connectivity index (χ0v) is 13.0. The molecule has 4 heteroatoms. The van der Waals surface area contributed by atoms with Crippen molar-refractivity contribution >= 4 is 28.5 Å². The SMILES string of the molecule is Cc1cc(C)c2nc(-c3ccccc3Cl)cc(C(=O)O)c2c1. The highest BCUT2D eigenvalue weighted by Gasteiger charge is 2.15. The summed E-state index contributed by atoms with van der Waals surface area (Å²) in [6.07, 6.45) is 0. The van der Waals surface area contributed by atoms with Gasteiger partial charge < -0.3 is 5.11 Å². The third-order valence-electron chi connectivity index (χ3n) is 3.63. The first-order chi connectivity index (χ1) is 10.5. The summed E-state index contributed by atoms with van der Waals surface area (Å²) in [7, 11) is 0. The average Bonchev–Trinajstić information content (AvgIpc) is 2.46. The number of carboxylic acid groups (broad SMARTS) is 1. The molecular weight excluding hydrogens is 298 g/mol. The molecule has 0 radical (unpaired) electrons. The number of hydrogen-bond acceptors (Lipinski definition) is 2. The molecule has 0 atom stereocenters. The Morgan fingerprint density at radius 2 is 1.86 bits per heavy atom. The zero-order chi connectivity index (χ0) is 15.9. The van der Waals surface area contributed by atoms with E-state index in [0.29, 0.717) is 21.6 Å². The van der Waals surface area contributed by atoms with Crippen molar-refractivity contribution in [1.29, 1.82) is 0 Å². The lowest BCUT2D eigenvalue weighted by molar-refractivity contribution is 0.0699. The number of halogens is 1. The van der Waals surface area contributed by atoms with Gasteiger partial charge in [0.25, 0.3) is 0 Å². The van der Waals surface area contributed by atoms with Crippen LogP contribution in [0.15, 0.2) is 42.5 Å². The first kappa shape index (κ1) is 14.5. The predicted molar refractivity (Wildman–Crippen MR) is 88.6 cm³/mol. The van der Waals surface area contributed by atoms with Crippen LogP contribution in [-0.4, -0.2) is 16.1 Å². The van der Waals surface area contributed by atoms with E-state index < -0.39 is 5.97 Å². The van der Waals surface area contributed by atoms with Gasteiger partial charge in [0, 0.05) is 16.0 Å². The second-order valence-electron chi connectivity index (χ2n) is 5.32. The van der Waals surface area contributed by atoms with Crippen LogP contribution in [0.4, 0.5) is 0 Å². The second kappa shape index (κ2) is 5.43. The van der Waals surface area contributed by atoms with Gasteiger partial charge in [-0.15, -0.1) is 0 Å². The van der Waals surface area contributed by atoms with Crippen molar-refractivity contribution in [3.05, 3.63) is 64.2 Å². The van der Waals surface area contributed by atoms with Crippen LogP contribution in [0.2, 0.25) is 5.02 Å². The molecule has 3 rings (SSSR count). The molecule has 110 valence electrons. The lowest BCUT2D eigenvalue weighted by Gasteiger charge is -2.11. The molecule has 3 aromatic rings. The Morgan fingerprint density at radius 1 is 1.14 bits per heavy atom. The van der Waals surface area contributed by atoms with E-state index in [-0.39, 0.29) is 5.56 Å². The van der Waals surface area contributed by atoms with Crippen LogP contribution in [-0.2, 0) is 0 Å². The standard InChI is InChI=1S/C18H14ClNO2/c1-10-7-11(2)17-13(8-10)14(18(21)22)9-16(20-17)12-5-3-4-6-15(12)19/h3-9H,1-2H3,(H,21,22). The van der Waals surface area contributed by atoms with Crippen molar-refractivity contribution in [2.75, 3.05) is 0 Å². The van der Waals surface area contributed by atoms with Crippen LogP contribution in [0.25, 0.3) is 22.2 Å². The molecule has 0 aliphatic rings. The first-order valence-corrected chi connectivity index (χ1v) is 7.25. The number of rotatable bonds is 2. The van der Waals surface area contributed by atoms with E-state index in [4.69, 9.17) is 11.6 Å². The summed E-state index contributed by atoms with van der Waals surface area (Å²) >= 11 is 6.22. The fraction of sp³-hybridized carbons (Fsp3) is 0.111. The van der Waals surface area contributed by atoms with Gasteiger partial charge in [-0.05, 0) is 37.6 Å². The fourth-order valence-corrected chi connectivity index (χ4v) is 2.90. The van der Waals surface area contributed by atoms with Gasteiger partial charge in [-0.1, -0.05) is 41.4 Å². The van der Waals surface area contributed by atoms with E-state index in [0.717, 1.165) is 16.7 Å². The molecule has 0 aliphatic heterocycles. The lowest BCUT2D eigenvalue weighted by Crippen LogP contribution is -2.02. The normalized spacial score (nSPS) is 10.9. The molecule has 0 fully saturated rings. The molecule has 1 N–H and O–H groups in total. The molecule has 22 heavy (non-hydrogen) atoms. The van der Waals surface area contributed by atoms with Crippen LogP contribution >= 0.6 is 11.6 Å². The van der Waals surface area contributed by atoms with E-state index in [1.165, 1.54) is 0 Å². The Kier molecular flexibility index (Phi) is 3.59. The van der Waals surface area contributed by atoms with Crippen LogP contribution in [0, 0.1) is 13.8 Å². The van der Waals surface area contributed by atoms with Crippen molar-refractivity contribution in [1.82, 2.24) is 4.98 Å². The largest absolute Gasteiger partial charge is 0.478 e. The molecule has 0 amide bonds. The van der Waals surface area contributed by atoms with Gasteiger partial charge in [0.2, 0.25) is 0 Å². The fourth-order valence-electron chi connectivity index (χ4n) is 2.66. The molecule has 0 saturated heterocycles. The smallest absolute Gasteiger partial charge is 0.336 e. The quantitative estimate of drug-likeness (QED) is 0.734. The number of aromatic carboxylic acids is 1. The average molecular weight is 312 g/mol.